The predicted molar refractivity (Wildman–Crippen MR) is 73.9 cm³/mol. The molecule has 1 N–H and O–H groups in total. The molecule has 0 saturated carbocycles. The molecule has 2 heterocycles. The van der Waals surface area contributed by atoms with Crippen LogP contribution in [0.2, 0.25) is 0 Å². The van der Waals surface area contributed by atoms with Gasteiger partial charge in [-0.15, -0.1) is 22.7 Å². The smallest absolute Gasteiger partial charge is 0.0997 e. The Morgan fingerprint density at radius 1 is 1.24 bits per heavy atom. The van der Waals surface area contributed by atoms with Crippen molar-refractivity contribution in [2.24, 2.45) is 0 Å². The van der Waals surface area contributed by atoms with Crippen LogP contribution in [0.15, 0.2) is 10.8 Å². The Morgan fingerprint density at radius 2 is 1.94 bits per heavy atom. The van der Waals surface area contributed by atoms with Crippen molar-refractivity contribution in [3.8, 4) is 0 Å². The van der Waals surface area contributed by atoms with E-state index in [1.165, 1.54) is 0 Å². The maximum Gasteiger partial charge on any atom is 0.0997 e. The number of hydrogen-bond acceptors (Lipinski definition) is 5. The Hall–Kier alpha value is -0.780. The third-order valence-electron chi connectivity index (χ3n) is 2.49. The fraction of sp³-hybridized carbons (Fsp3) is 0.500. The van der Waals surface area contributed by atoms with Gasteiger partial charge in [0, 0.05) is 22.5 Å². The number of thiazole rings is 2. The second kappa shape index (κ2) is 5.71. The van der Waals surface area contributed by atoms with Crippen LogP contribution >= 0.6 is 22.7 Å². The highest BCUT2D eigenvalue weighted by Gasteiger charge is 2.10. The molecule has 0 aliphatic heterocycles. The molecule has 0 saturated heterocycles. The summed E-state index contributed by atoms with van der Waals surface area (Å²) >= 11 is 3.44. The van der Waals surface area contributed by atoms with Crippen LogP contribution in [-0.2, 0) is 6.42 Å². The minimum absolute atomic E-state index is 0.336. The lowest BCUT2D eigenvalue weighted by molar-refractivity contribution is 0.585. The lowest BCUT2D eigenvalue weighted by Gasteiger charge is -2.07. The quantitative estimate of drug-likeness (QED) is 0.904. The van der Waals surface area contributed by atoms with Crippen LogP contribution in [0.3, 0.4) is 0 Å². The van der Waals surface area contributed by atoms with Crippen LogP contribution in [0.1, 0.15) is 41.3 Å². The van der Waals surface area contributed by atoms with E-state index in [4.69, 9.17) is 0 Å². The molecule has 92 valence electrons. The summed E-state index contributed by atoms with van der Waals surface area (Å²) in [6, 6.07) is 0.336. The highest BCUT2D eigenvalue weighted by Crippen LogP contribution is 2.20. The van der Waals surface area contributed by atoms with Gasteiger partial charge in [-0.3, -0.25) is 0 Å². The Kier molecular flexibility index (Phi) is 4.25. The van der Waals surface area contributed by atoms with Crippen molar-refractivity contribution in [3.63, 3.8) is 0 Å². The van der Waals surface area contributed by atoms with Gasteiger partial charge in [-0.05, 0) is 20.4 Å². The minimum atomic E-state index is 0.336. The molecule has 2 rings (SSSR count). The molecule has 1 unspecified atom stereocenters. The first kappa shape index (κ1) is 12.7. The van der Waals surface area contributed by atoms with E-state index in [1.54, 1.807) is 22.7 Å². The Morgan fingerprint density at radius 3 is 2.59 bits per heavy atom. The summed E-state index contributed by atoms with van der Waals surface area (Å²) in [5.74, 6) is 0. The lowest BCUT2D eigenvalue weighted by Crippen LogP contribution is -2.17. The maximum atomic E-state index is 4.66. The zero-order chi connectivity index (χ0) is 12.3. The summed E-state index contributed by atoms with van der Waals surface area (Å²) in [5, 5.41) is 9.91. The molecule has 0 aliphatic rings. The van der Waals surface area contributed by atoms with E-state index >= 15 is 0 Å². The molecular formula is C12H17N3S2. The largest absolute Gasteiger partial charge is 0.309 e. The molecule has 1 atom stereocenters. The number of rotatable bonds is 5. The van der Waals surface area contributed by atoms with E-state index in [-0.39, 0.29) is 0 Å². The van der Waals surface area contributed by atoms with Crippen LogP contribution in [0.25, 0.3) is 0 Å². The molecule has 0 fully saturated rings. The second-order valence-corrected chi connectivity index (χ2v) is 5.89. The molecule has 0 aromatic carbocycles. The average molecular weight is 267 g/mol. The van der Waals surface area contributed by atoms with Crippen LogP contribution in [-0.4, -0.2) is 16.5 Å². The van der Waals surface area contributed by atoms with Gasteiger partial charge in [0.05, 0.1) is 22.1 Å². The SMILES string of the molecule is CCNC(C)c1csc(Cc2nc(C)cs2)n1. The summed E-state index contributed by atoms with van der Waals surface area (Å²) in [4.78, 5) is 9.12. The van der Waals surface area contributed by atoms with E-state index < -0.39 is 0 Å². The van der Waals surface area contributed by atoms with Gasteiger partial charge in [-0.1, -0.05) is 6.92 Å². The molecule has 5 heteroatoms. The van der Waals surface area contributed by atoms with Crippen molar-refractivity contribution < 1.29 is 0 Å². The van der Waals surface area contributed by atoms with Gasteiger partial charge in [-0.2, -0.15) is 0 Å². The molecule has 2 aromatic rings. The van der Waals surface area contributed by atoms with Gasteiger partial charge >= 0.3 is 0 Å². The topological polar surface area (TPSA) is 37.8 Å². The first-order valence-electron chi connectivity index (χ1n) is 5.77. The van der Waals surface area contributed by atoms with E-state index in [0.29, 0.717) is 6.04 Å². The van der Waals surface area contributed by atoms with E-state index in [0.717, 1.165) is 34.4 Å². The average Bonchev–Trinajstić information content (AvgIpc) is 2.89. The van der Waals surface area contributed by atoms with Gasteiger partial charge in [0.1, 0.15) is 0 Å². The first-order chi connectivity index (χ1) is 8.19. The minimum Gasteiger partial charge on any atom is -0.309 e. The summed E-state index contributed by atoms with van der Waals surface area (Å²) in [6.07, 6.45) is 0.863. The Labute approximate surface area is 110 Å². The fourth-order valence-electron chi connectivity index (χ4n) is 1.63. The second-order valence-electron chi connectivity index (χ2n) is 4.00. The monoisotopic (exact) mass is 267 g/mol. The molecule has 0 spiro atoms. The number of aromatic nitrogens is 2. The number of nitrogens with zero attached hydrogens (tertiary/aromatic N) is 2. The highest BCUT2D eigenvalue weighted by atomic mass is 32.1. The highest BCUT2D eigenvalue weighted by molar-refractivity contribution is 7.11. The lowest BCUT2D eigenvalue weighted by atomic mass is 10.2. The normalized spacial score (nSPS) is 12.9. The molecule has 0 amide bonds. The van der Waals surface area contributed by atoms with E-state index in [9.17, 15) is 0 Å². The zero-order valence-corrected chi connectivity index (χ0v) is 12.0. The van der Waals surface area contributed by atoms with Gasteiger partial charge in [-0.25, -0.2) is 9.97 Å². The van der Waals surface area contributed by atoms with Gasteiger partial charge in [0.15, 0.2) is 0 Å². The molecule has 0 aliphatic carbocycles. The van der Waals surface area contributed by atoms with Crippen molar-refractivity contribution in [2.75, 3.05) is 6.54 Å². The van der Waals surface area contributed by atoms with Crippen molar-refractivity contribution in [2.45, 2.75) is 33.2 Å². The van der Waals surface area contributed by atoms with E-state index in [2.05, 4.69) is 39.9 Å². The van der Waals surface area contributed by atoms with Crippen LogP contribution in [0, 0.1) is 6.92 Å². The molecular weight excluding hydrogens is 250 g/mol. The number of nitrogens with one attached hydrogen (secondary N) is 1. The Bertz CT molecular complexity index is 476. The van der Waals surface area contributed by atoms with Crippen LogP contribution in [0.5, 0.6) is 0 Å². The number of aryl methyl sites for hydroxylation is 1. The Balaban J connectivity index is 2.03. The summed E-state index contributed by atoms with van der Waals surface area (Å²) < 4.78 is 0. The molecule has 0 radical (unpaired) electrons. The van der Waals surface area contributed by atoms with Crippen LogP contribution in [0.4, 0.5) is 0 Å². The number of hydrogen-bond donors (Lipinski definition) is 1. The summed E-state index contributed by atoms with van der Waals surface area (Å²) in [6.45, 7) is 7.26. The van der Waals surface area contributed by atoms with Gasteiger partial charge in [0.25, 0.3) is 0 Å². The van der Waals surface area contributed by atoms with Gasteiger partial charge < -0.3 is 5.32 Å². The molecule has 2 aromatic heterocycles. The third kappa shape index (κ3) is 3.34. The van der Waals surface area contributed by atoms with Crippen molar-refractivity contribution >= 4 is 22.7 Å². The summed E-state index contributed by atoms with van der Waals surface area (Å²) in [7, 11) is 0. The van der Waals surface area contributed by atoms with Crippen molar-refractivity contribution in [3.05, 3.63) is 32.2 Å². The van der Waals surface area contributed by atoms with Crippen molar-refractivity contribution in [1.29, 1.82) is 0 Å². The van der Waals surface area contributed by atoms with Crippen molar-refractivity contribution in [1.82, 2.24) is 15.3 Å². The predicted octanol–water partition coefficient (Wildman–Crippen LogP) is 3.17. The van der Waals surface area contributed by atoms with Gasteiger partial charge in [0.2, 0.25) is 0 Å². The standard InChI is InChI=1S/C12H17N3S2/c1-4-13-9(3)10-7-17-12(15-10)5-11-14-8(2)6-16-11/h6-7,9,13H,4-5H2,1-3H3. The fourth-order valence-corrected chi connectivity index (χ4v) is 3.39. The van der Waals surface area contributed by atoms with Crippen LogP contribution < -0.4 is 5.32 Å². The molecule has 0 bridgehead atoms. The molecule has 3 nitrogen and oxygen atoms in total. The maximum absolute atomic E-state index is 4.66. The molecule has 17 heavy (non-hydrogen) atoms. The zero-order valence-electron chi connectivity index (χ0n) is 10.4. The third-order valence-corrected chi connectivity index (χ3v) is 4.33. The first-order valence-corrected chi connectivity index (χ1v) is 7.53. The van der Waals surface area contributed by atoms with E-state index in [1.807, 2.05) is 6.92 Å². The summed E-state index contributed by atoms with van der Waals surface area (Å²) in [5.41, 5.74) is 2.24.